The van der Waals surface area contributed by atoms with E-state index in [2.05, 4.69) is 5.32 Å². The molecule has 1 unspecified atom stereocenters. The number of likely N-dealkylation sites (tertiary alicyclic amines) is 1. The van der Waals surface area contributed by atoms with Gasteiger partial charge in [-0.05, 0) is 48.9 Å². The van der Waals surface area contributed by atoms with E-state index in [1.807, 2.05) is 0 Å². The maximum atomic E-state index is 13.5. The molecule has 0 saturated carbocycles. The quantitative estimate of drug-likeness (QED) is 0.881. The fourth-order valence-electron chi connectivity index (χ4n) is 3.31. The summed E-state index contributed by atoms with van der Waals surface area (Å²) in [7, 11) is 0. The van der Waals surface area contributed by atoms with E-state index in [1.165, 1.54) is 17.0 Å². The molecular formula is C16H19FN2O3. The maximum Gasteiger partial charge on any atom is 0.317 e. The van der Waals surface area contributed by atoms with Crippen LogP contribution < -0.4 is 5.32 Å². The average Bonchev–Trinajstić information content (AvgIpc) is 2.98. The fraction of sp³-hybridized carbons (Fsp3) is 0.500. The summed E-state index contributed by atoms with van der Waals surface area (Å²) in [6, 6.07) is 4.26. The van der Waals surface area contributed by atoms with Crippen molar-refractivity contribution in [1.82, 2.24) is 10.2 Å². The van der Waals surface area contributed by atoms with Crippen LogP contribution in [0.4, 0.5) is 9.18 Å². The lowest BCUT2D eigenvalue weighted by atomic mass is 9.87. The summed E-state index contributed by atoms with van der Waals surface area (Å²) in [6.45, 7) is 0.690. The number of carboxylic acids is 1. The van der Waals surface area contributed by atoms with E-state index in [0.717, 1.165) is 30.4 Å². The molecule has 1 aliphatic carbocycles. The number of benzene rings is 1. The summed E-state index contributed by atoms with van der Waals surface area (Å²) in [5.41, 5.74) is 1.91. The Bertz CT molecular complexity index is 605. The Balaban J connectivity index is 1.68. The minimum Gasteiger partial charge on any atom is -0.481 e. The zero-order valence-corrected chi connectivity index (χ0v) is 12.2. The van der Waals surface area contributed by atoms with Crippen molar-refractivity contribution in [2.45, 2.75) is 31.7 Å². The molecule has 2 N–H and O–H groups in total. The number of amides is 2. The first-order valence-electron chi connectivity index (χ1n) is 7.61. The van der Waals surface area contributed by atoms with E-state index in [-0.39, 0.29) is 24.4 Å². The highest BCUT2D eigenvalue weighted by Crippen LogP contribution is 2.30. The van der Waals surface area contributed by atoms with E-state index in [9.17, 15) is 14.0 Å². The average molecular weight is 306 g/mol. The molecule has 118 valence electrons. The Kier molecular flexibility index (Phi) is 4.00. The molecule has 1 fully saturated rings. The van der Waals surface area contributed by atoms with Crippen molar-refractivity contribution in [3.05, 3.63) is 35.1 Å². The number of aryl methyl sites for hydroxylation is 1. The molecule has 5 nitrogen and oxygen atoms in total. The molecule has 3 rings (SSSR count). The predicted molar refractivity (Wildman–Crippen MR) is 77.9 cm³/mol. The molecule has 22 heavy (non-hydrogen) atoms. The summed E-state index contributed by atoms with van der Waals surface area (Å²) < 4.78 is 13.5. The Morgan fingerprint density at radius 3 is 2.86 bits per heavy atom. The van der Waals surface area contributed by atoms with Crippen LogP contribution in [0.3, 0.4) is 0 Å². The molecule has 0 aromatic heterocycles. The molecule has 6 heteroatoms. The molecule has 2 atom stereocenters. The van der Waals surface area contributed by atoms with E-state index in [1.54, 1.807) is 6.07 Å². The number of carboxylic acid groups (broad SMARTS) is 1. The van der Waals surface area contributed by atoms with Gasteiger partial charge < -0.3 is 15.3 Å². The number of halogens is 1. The van der Waals surface area contributed by atoms with Gasteiger partial charge in [0, 0.05) is 13.1 Å². The van der Waals surface area contributed by atoms with E-state index in [4.69, 9.17) is 5.11 Å². The SMILES string of the molecule is O=C(O)C1CCN(C(=O)N[C@H]2CCCc3ccc(F)cc32)C1. The van der Waals surface area contributed by atoms with Crippen molar-refractivity contribution < 1.29 is 19.1 Å². The topological polar surface area (TPSA) is 69.6 Å². The molecule has 0 spiro atoms. The summed E-state index contributed by atoms with van der Waals surface area (Å²) in [4.78, 5) is 24.8. The van der Waals surface area contributed by atoms with Gasteiger partial charge in [-0.1, -0.05) is 6.07 Å². The van der Waals surface area contributed by atoms with Crippen LogP contribution >= 0.6 is 0 Å². The molecule has 0 bridgehead atoms. The zero-order chi connectivity index (χ0) is 15.7. The molecule has 1 saturated heterocycles. The van der Waals surface area contributed by atoms with Crippen molar-refractivity contribution in [3.8, 4) is 0 Å². The van der Waals surface area contributed by atoms with Gasteiger partial charge in [0.15, 0.2) is 0 Å². The first-order chi connectivity index (χ1) is 10.5. The molecule has 0 radical (unpaired) electrons. The molecule has 1 aromatic carbocycles. The van der Waals surface area contributed by atoms with Gasteiger partial charge >= 0.3 is 12.0 Å². The maximum absolute atomic E-state index is 13.5. The van der Waals surface area contributed by atoms with Crippen molar-refractivity contribution in [3.63, 3.8) is 0 Å². The van der Waals surface area contributed by atoms with Gasteiger partial charge in [0.05, 0.1) is 12.0 Å². The van der Waals surface area contributed by atoms with E-state index in [0.29, 0.717) is 13.0 Å². The minimum atomic E-state index is -0.861. The lowest BCUT2D eigenvalue weighted by Crippen LogP contribution is -2.41. The van der Waals surface area contributed by atoms with Gasteiger partial charge in [0.1, 0.15) is 5.82 Å². The van der Waals surface area contributed by atoms with Gasteiger partial charge in [-0.15, -0.1) is 0 Å². The number of carbonyl (C=O) groups is 2. The minimum absolute atomic E-state index is 0.198. The lowest BCUT2D eigenvalue weighted by molar-refractivity contribution is -0.141. The van der Waals surface area contributed by atoms with E-state index < -0.39 is 11.9 Å². The summed E-state index contributed by atoms with van der Waals surface area (Å²) in [5.74, 6) is -1.64. The highest BCUT2D eigenvalue weighted by atomic mass is 19.1. The van der Waals surface area contributed by atoms with Crippen LogP contribution in [0.25, 0.3) is 0 Å². The molecule has 1 aliphatic heterocycles. The van der Waals surface area contributed by atoms with E-state index >= 15 is 0 Å². The molecule has 2 aliphatic rings. The van der Waals surface area contributed by atoms with Crippen molar-refractivity contribution in [2.75, 3.05) is 13.1 Å². The van der Waals surface area contributed by atoms with Gasteiger partial charge in [-0.2, -0.15) is 0 Å². The third-order valence-corrected chi connectivity index (χ3v) is 4.54. The largest absolute Gasteiger partial charge is 0.481 e. The Labute approximate surface area is 128 Å². The smallest absolute Gasteiger partial charge is 0.317 e. The zero-order valence-electron chi connectivity index (χ0n) is 12.2. The number of carbonyl (C=O) groups excluding carboxylic acids is 1. The highest BCUT2D eigenvalue weighted by Gasteiger charge is 2.32. The van der Waals surface area contributed by atoms with Crippen molar-refractivity contribution >= 4 is 12.0 Å². The van der Waals surface area contributed by atoms with Gasteiger partial charge in [0.2, 0.25) is 0 Å². The number of fused-ring (bicyclic) bond motifs is 1. The number of aliphatic carboxylic acids is 1. The number of hydrogen-bond acceptors (Lipinski definition) is 2. The number of nitrogens with zero attached hydrogens (tertiary/aromatic N) is 1. The third-order valence-electron chi connectivity index (χ3n) is 4.54. The number of rotatable bonds is 2. The first-order valence-corrected chi connectivity index (χ1v) is 7.61. The van der Waals surface area contributed by atoms with Crippen LogP contribution in [0, 0.1) is 11.7 Å². The summed E-state index contributed by atoms with van der Waals surface area (Å²) >= 11 is 0. The summed E-state index contributed by atoms with van der Waals surface area (Å²) in [6.07, 6.45) is 3.10. The molecule has 2 amide bonds. The second kappa shape index (κ2) is 5.94. The molecule has 1 heterocycles. The van der Waals surface area contributed by atoms with Crippen LogP contribution in [0.2, 0.25) is 0 Å². The monoisotopic (exact) mass is 306 g/mol. The van der Waals surface area contributed by atoms with Crippen LogP contribution in [0.1, 0.15) is 36.4 Å². The third kappa shape index (κ3) is 2.91. The van der Waals surface area contributed by atoms with Crippen LogP contribution in [-0.2, 0) is 11.2 Å². The van der Waals surface area contributed by atoms with Gasteiger partial charge in [-0.25, -0.2) is 9.18 Å². The van der Waals surface area contributed by atoms with Crippen molar-refractivity contribution in [1.29, 1.82) is 0 Å². The summed E-state index contributed by atoms with van der Waals surface area (Å²) in [5, 5.41) is 11.9. The second-order valence-electron chi connectivity index (χ2n) is 6.01. The highest BCUT2D eigenvalue weighted by molar-refractivity contribution is 5.77. The van der Waals surface area contributed by atoms with Crippen LogP contribution in [0.15, 0.2) is 18.2 Å². The number of hydrogen-bond donors (Lipinski definition) is 2. The first kappa shape index (κ1) is 14.8. The number of nitrogens with one attached hydrogen (secondary N) is 1. The van der Waals surface area contributed by atoms with Crippen molar-refractivity contribution in [2.24, 2.45) is 5.92 Å². The Morgan fingerprint density at radius 2 is 2.14 bits per heavy atom. The molecular weight excluding hydrogens is 287 g/mol. The lowest BCUT2D eigenvalue weighted by Gasteiger charge is -2.28. The molecule has 1 aromatic rings. The number of urea groups is 1. The van der Waals surface area contributed by atoms with Gasteiger partial charge in [-0.3, -0.25) is 4.79 Å². The standard InChI is InChI=1S/C16H19FN2O3/c17-12-5-4-10-2-1-3-14(13(10)8-12)18-16(22)19-7-6-11(9-19)15(20)21/h4-5,8,11,14H,1-3,6-7,9H2,(H,18,22)(H,20,21)/t11?,14-/m0/s1. The van der Waals surface area contributed by atoms with Gasteiger partial charge in [0.25, 0.3) is 0 Å². The normalized spacial score (nSPS) is 24.0. The second-order valence-corrected chi connectivity index (χ2v) is 6.01. The predicted octanol–water partition coefficient (Wildman–Crippen LogP) is 2.32. The Morgan fingerprint density at radius 1 is 1.32 bits per heavy atom. The fourth-order valence-corrected chi connectivity index (χ4v) is 3.31. The Hall–Kier alpha value is -2.11. The van der Waals surface area contributed by atoms with Crippen LogP contribution in [-0.4, -0.2) is 35.1 Å². The van der Waals surface area contributed by atoms with Crippen LogP contribution in [0.5, 0.6) is 0 Å².